The molecule has 0 aromatic heterocycles. The van der Waals surface area contributed by atoms with E-state index in [-0.39, 0.29) is 35.5 Å². The quantitative estimate of drug-likeness (QED) is 0.329. The summed E-state index contributed by atoms with van der Waals surface area (Å²) in [4.78, 5) is 14.7. The summed E-state index contributed by atoms with van der Waals surface area (Å²) in [5, 5.41) is 1.91. The maximum absolute atomic E-state index is 14.7. The fraction of sp³-hybridized carbons (Fsp3) is 0.143. The van der Waals surface area contributed by atoms with Gasteiger partial charge in [0, 0.05) is 0 Å². The molecular formula is C21H21ClMgO4Si. The molecule has 0 saturated heterocycles. The number of ether oxygens (including phenoxy) is 3. The Morgan fingerprint density at radius 2 is 0.821 bits per heavy atom. The maximum Gasteiger partial charge on any atom is 2.00 e. The van der Waals surface area contributed by atoms with Crippen LogP contribution in [0.3, 0.4) is 0 Å². The number of hydrogen-bond donors (Lipinski definition) is 0. The van der Waals surface area contributed by atoms with Gasteiger partial charge in [-0.1, -0.05) is 54.6 Å². The number of hydrogen-bond acceptors (Lipinski definition) is 4. The van der Waals surface area contributed by atoms with Gasteiger partial charge in [-0.3, -0.25) is 0 Å². The monoisotopic (exact) mass is 424 g/mol. The molecule has 0 spiro atoms. The zero-order valence-corrected chi connectivity index (χ0v) is 19.3. The molecule has 0 radical (unpaired) electrons. The van der Waals surface area contributed by atoms with Gasteiger partial charge in [0.05, 0.1) is 29.6 Å². The second kappa shape index (κ2) is 10.7. The second-order valence-corrected chi connectivity index (χ2v) is 8.76. The molecule has 0 atom stereocenters. The average molecular weight is 425 g/mol. The fourth-order valence-corrected chi connectivity index (χ4v) is 6.70. The molecule has 0 bridgehead atoms. The van der Waals surface area contributed by atoms with Gasteiger partial charge in [-0.15, -0.1) is 0 Å². The summed E-state index contributed by atoms with van der Waals surface area (Å²) in [6.45, 7) is 0. The minimum atomic E-state index is -3.70. The molecule has 0 aliphatic carbocycles. The van der Waals surface area contributed by atoms with E-state index in [0.717, 1.165) is 0 Å². The Labute approximate surface area is 189 Å². The van der Waals surface area contributed by atoms with E-state index in [4.69, 9.17) is 14.2 Å². The van der Waals surface area contributed by atoms with Gasteiger partial charge in [0.15, 0.2) is 0 Å². The third kappa shape index (κ3) is 4.31. The van der Waals surface area contributed by atoms with Crippen LogP contribution in [0.1, 0.15) is 0 Å². The van der Waals surface area contributed by atoms with Gasteiger partial charge in [-0.2, -0.15) is 0 Å². The van der Waals surface area contributed by atoms with E-state index in [9.17, 15) is 4.80 Å². The normalized spacial score (nSPS) is 10.3. The number of para-hydroxylation sites is 3. The van der Waals surface area contributed by atoms with Crippen LogP contribution < -0.4 is 47.0 Å². The Hall–Kier alpha value is -1.71. The molecule has 0 aliphatic rings. The fourth-order valence-electron chi connectivity index (χ4n) is 3.24. The van der Waals surface area contributed by atoms with Crippen LogP contribution in [-0.2, 0) is 0 Å². The van der Waals surface area contributed by atoms with Crippen molar-refractivity contribution >= 4 is 46.9 Å². The van der Waals surface area contributed by atoms with E-state index in [1.54, 1.807) is 21.3 Å². The largest absolute Gasteiger partial charge is 2.00 e. The van der Waals surface area contributed by atoms with Gasteiger partial charge in [-0.05, 0) is 33.8 Å². The van der Waals surface area contributed by atoms with Gasteiger partial charge < -0.3 is 31.4 Å². The van der Waals surface area contributed by atoms with Crippen molar-refractivity contribution in [1.29, 1.82) is 0 Å². The SMILES string of the molecule is COc1ccccc1[Si]([O-])(c1ccccc1OC)c1ccccc1OC.[Cl-].[Mg+2]. The second-order valence-electron chi connectivity index (χ2n) is 5.78. The van der Waals surface area contributed by atoms with Crippen molar-refractivity contribution < 1.29 is 31.4 Å². The van der Waals surface area contributed by atoms with Crippen molar-refractivity contribution in [3.05, 3.63) is 72.8 Å². The maximum atomic E-state index is 14.7. The van der Waals surface area contributed by atoms with E-state index in [1.165, 1.54) is 0 Å². The van der Waals surface area contributed by atoms with E-state index >= 15 is 0 Å². The zero-order valence-electron chi connectivity index (χ0n) is 16.1. The van der Waals surface area contributed by atoms with Crippen LogP contribution in [0.15, 0.2) is 72.8 Å². The van der Waals surface area contributed by atoms with Gasteiger partial charge in [0.1, 0.15) is 17.2 Å². The summed E-state index contributed by atoms with van der Waals surface area (Å²) < 4.78 is 16.6. The molecule has 0 amide bonds. The molecule has 4 nitrogen and oxygen atoms in total. The van der Waals surface area contributed by atoms with Crippen LogP contribution >= 0.6 is 0 Å². The summed E-state index contributed by atoms with van der Waals surface area (Å²) in [5.74, 6) is 1.72. The first-order valence-electron chi connectivity index (χ1n) is 8.27. The van der Waals surface area contributed by atoms with Crippen molar-refractivity contribution in [1.82, 2.24) is 0 Å². The van der Waals surface area contributed by atoms with E-state index < -0.39 is 8.32 Å². The molecule has 0 N–H and O–H groups in total. The summed E-state index contributed by atoms with van der Waals surface area (Å²) in [5.41, 5.74) is 0. The molecule has 142 valence electrons. The molecule has 0 saturated carbocycles. The molecule has 3 rings (SSSR count). The summed E-state index contributed by atoms with van der Waals surface area (Å²) in [7, 11) is 1.05. The van der Waals surface area contributed by atoms with Crippen molar-refractivity contribution in [3.8, 4) is 17.2 Å². The minimum Gasteiger partial charge on any atom is -1.00 e. The van der Waals surface area contributed by atoms with Gasteiger partial charge >= 0.3 is 23.1 Å². The Kier molecular flexibility index (Phi) is 9.33. The number of halogens is 1. The molecule has 0 heterocycles. The first-order valence-corrected chi connectivity index (χ1v) is 10.2. The predicted molar refractivity (Wildman–Crippen MR) is 109 cm³/mol. The molecule has 7 heteroatoms. The Balaban J connectivity index is 0.00000196. The number of benzene rings is 3. The van der Waals surface area contributed by atoms with Crippen LogP contribution in [0.25, 0.3) is 0 Å². The van der Waals surface area contributed by atoms with Crippen LogP contribution in [0.4, 0.5) is 0 Å². The third-order valence-corrected chi connectivity index (χ3v) is 7.97. The number of methoxy groups -OCH3 is 3. The zero-order chi connectivity index (χ0) is 18.6. The molecule has 3 aromatic rings. The van der Waals surface area contributed by atoms with Crippen molar-refractivity contribution in [2.24, 2.45) is 0 Å². The Morgan fingerprint density at radius 3 is 1.07 bits per heavy atom. The smallest absolute Gasteiger partial charge is 1.00 e. The molecule has 0 aliphatic heterocycles. The minimum absolute atomic E-state index is 0. The topological polar surface area (TPSA) is 50.8 Å². The van der Waals surface area contributed by atoms with Crippen LogP contribution in [0.2, 0.25) is 0 Å². The molecule has 0 fully saturated rings. The number of rotatable bonds is 6. The predicted octanol–water partition coefficient (Wildman–Crippen LogP) is -2.34. The van der Waals surface area contributed by atoms with E-state index in [2.05, 4.69) is 0 Å². The van der Waals surface area contributed by atoms with Crippen molar-refractivity contribution in [2.45, 2.75) is 0 Å². The summed E-state index contributed by atoms with van der Waals surface area (Å²) in [6, 6.07) is 22.2. The van der Waals surface area contributed by atoms with E-state index in [1.807, 2.05) is 72.8 Å². The van der Waals surface area contributed by atoms with Gasteiger partial charge in [0.2, 0.25) is 0 Å². The molecular weight excluding hydrogens is 404 g/mol. The van der Waals surface area contributed by atoms with E-state index in [0.29, 0.717) is 32.8 Å². The standard InChI is InChI=1S/C21H21O4Si.ClH.Mg/c1-23-16-10-4-7-13-19(16)26(22,20-14-8-5-11-17(20)24-2)21-15-9-6-12-18(21)25-3;;/h4-15H,1-3H3;1H;/q-1;;+2/p-1. The molecule has 0 unspecified atom stereocenters. The van der Waals surface area contributed by atoms with Gasteiger partial charge in [-0.25, -0.2) is 0 Å². The van der Waals surface area contributed by atoms with Crippen molar-refractivity contribution in [2.75, 3.05) is 21.3 Å². The summed E-state index contributed by atoms with van der Waals surface area (Å²) >= 11 is 0. The first-order chi connectivity index (χ1) is 12.7. The van der Waals surface area contributed by atoms with Gasteiger partial charge in [0.25, 0.3) is 0 Å². The Bertz CT molecular complexity index is 791. The van der Waals surface area contributed by atoms with Crippen LogP contribution in [0, 0.1) is 0 Å². The van der Waals surface area contributed by atoms with Crippen molar-refractivity contribution in [3.63, 3.8) is 0 Å². The van der Waals surface area contributed by atoms with Crippen LogP contribution in [-0.4, -0.2) is 52.7 Å². The summed E-state index contributed by atoms with van der Waals surface area (Å²) in [6.07, 6.45) is 0. The first kappa shape index (κ1) is 24.3. The average Bonchev–Trinajstić information content (AvgIpc) is 2.73. The molecule has 28 heavy (non-hydrogen) atoms. The molecule has 3 aromatic carbocycles. The third-order valence-electron chi connectivity index (χ3n) is 4.46. The Morgan fingerprint density at radius 1 is 0.571 bits per heavy atom. The van der Waals surface area contributed by atoms with Crippen LogP contribution in [0.5, 0.6) is 17.2 Å².